The van der Waals surface area contributed by atoms with Gasteiger partial charge in [0, 0.05) is 22.0 Å². The van der Waals surface area contributed by atoms with Crippen LogP contribution in [0.1, 0.15) is 11.1 Å². The molecule has 0 unspecified atom stereocenters. The maximum absolute atomic E-state index is 14.6. The Labute approximate surface area is 167 Å². The Balaban J connectivity index is 1.71. The fourth-order valence-electron chi connectivity index (χ4n) is 2.89. The summed E-state index contributed by atoms with van der Waals surface area (Å²) >= 11 is 3.39. The van der Waals surface area contributed by atoms with Crippen molar-refractivity contribution in [2.24, 2.45) is 0 Å². The highest BCUT2D eigenvalue weighted by Gasteiger charge is 2.16. The summed E-state index contributed by atoms with van der Waals surface area (Å²) in [5, 5.41) is 14.1. The van der Waals surface area contributed by atoms with Crippen LogP contribution in [0.4, 0.5) is 8.78 Å². The Morgan fingerprint density at radius 2 is 1.79 bits per heavy atom. The second-order valence-electron chi connectivity index (χ2n) is 6.07. The average molecular weight is 440 g/mol. The molecule has 138 valence electrons. The van der Waals surface area contributed by atoms with E-state index < -0.39 is 17.4 Å². The number of hydrogen-bond donors (Lipinski definition) is 0. The van der Waals surface area contributed by atoms with Gasteiger partial charge >= 0.3 is 0 Å². The molecule has 4 nitrogen and oxygen atoms in total. The maximum Gasteiger partial charge on any atom is 0.191 e. The Morgan fingerprint density at radius 3 is 2.46 bits per heavy atom. The lowest BCUT2D eigenvalue weighted by Crippen LogP contribution is -2.03. The van der Waals surface area contributed by atoms with Gasteiger partial charge in [-0.05, 0) is 33.6 Å². The molecular weight excluding hydrogens is 428 g/mol. The Kier molecular flexibility index (Phi) is 4.80. The zero-order valence-corrected chi connectivity index (χ0v) is 16.0. The maximum atomic E-state index is 14.6. The molecule has 4 aromatic rings. The van der Waals surface area contributed by atoms with Crippen LogP contribution in [0.2, 0.25) is 0 Å². The lowest BCUT2D eigenvalue weighted by atomic mass is 10.2. The summed E-state index contributed by atoms with van der Waals surface area (Å²) < 4.78 is 36.5. The second kappa shape index (κ2) is 7.41. The summed E-state index contributed by atoms with van der Waals surface area (Å²) in [6.45, 7) is 0.0528. The van der Waals surface area contributed by atoms with Gasteiger partial charge < -0.3 is 4.74 Å². The minimum Gasteiger partial charge on any atom is -0.483 e. The largest absolute Gasteiger partial charge is 0.483 e. The van der Waals surface area contributed by atoms with Gasteiger partial charge in [-0.3, -0.25) is 0 Å². The van der Waals surface area contributed by atoms with Crippen molar-refractivity contribution in [1.82, 2.24) is 9.78 Å². The standard InChI is InChI=1S/C21H12BrF2N3O/c22-17-6-14(10-25)7-20-16(17)11-26-27(20)15-8-18(23)21(19(24)9-15)28-12-13-4-2-1-3-5-13/h1-9,11H,12H2. The highest BCUT2D eigenvalue weighted by Crippen LogP contribution is 2.30. The quantitative estimate of drug-likeness (QED) is 0.420. The zero-order chi connectivity index (χ0) is 19.7. The molecular formula is C21H12BrF2N3O. The Hall–Kier alpha value is -3.24. The van der Waals surface area contributed by atoms with Crippen LogP contribution in [0, 0.1) is 23.0 Å². The SMILES string of the molecule is N#Cc1cc(Br)c2cnn(-c3cc(F)c(OCc4ccccc4)c(F)c3)c2c1. The first kappa shape index (κ1) is 18.1. The molecule has 0 aliphatic rings. The molecule has 0 amide bonds. The van der Waals surface area contributed by atoms with Crippen molar-refractivity contribution >= 4 is 26.8 Å². The van der Waals surface area contributed by atoms with Crippen LogP contribution >= 0.6 is 15.9 Å². The van der Waals surface area contributed by atoms with Crippen LogP contribution in [-0.4, -0.2) is 9.78 Å². The molecule has 0 saturated carbocycles. The number of ether oxygens (including phenoxy) is 1. The van der Waals surface area contributed by atoms with Gasteiger partial charge in [0.2, 0.25) is 0 Å². The molecule has 0 spiro atoms. The van der Waals surface area contributed by atoms with E-state index in [2.05, 4.69) is 27.1 Å². The highest BCUT2D eigenvalue weighted by atomic mass is 79.9. The summed E-state index contributed by atoms with van der Waals surface area (Å²) in [5.41, 5.74) is 1.96. The van der Waals surface area contributed by atoms with Crippen LogP contribution in [0.3, 0.4) is 0 Å². The summed E-state index contributed by atoms with van der Waals surface area (Å²) in [7, 11) is 0. The van der Waals surface area contributed by atoms with Gasteiger partial charge in [0.15, 0.2) is 17.4 Å². The Bertz CT molecular complexity index is 1190. The molecule has 0 radical (unpaired) electrons. The third-order valence-corrected chi connectivity index (χ3v) is 4.88. The third-order valence-electron chi connectivity index (χ3n) is 4.22. The van der Waals surface area contributed by atoms with E-state index in [0.29, 0.717) is 15.6 Å². The molecule has 0 aliphatic carbocycles. The van der Waals surface area contributed by atoms with E-state index in [0.717, 1.165) is 23.1 Å². The van der Waals surface area contributed by atoms with Gasteiger partial charge in [0.1, 0.15) is 6.61 Å². The van der Waals surface area contributed by atoms with Crippen molar-refractivity contribution in [2.75, 3.05) is 0 Å². The van der Waals surface area contributed by atoms with Crippen LogP contribution in [0.15, 0.2) is 65.3 Å². The molecule has 4 rings (SSSR count). The number of fused-ring (bicyclic) bond motifs is 1. The summed E-state index contributed by atoms with van der Waals surface area (Å²) in [4.78, 5) is 0. The summed E-state index contributed by atoms with van der Waals surface area (Å²) in [6.07, 6.45) is 1.57. The Morgan fingerprint density at radius 1 is 1.07 bits per heavy atom. The van der Waals surface area contributed by atoms with Gasteiger partial charge in [0.25, 0.3) is 0 Å². The van der Waals surface area contributed by atoms with Gasteiger partial charge in [-0.15, -0.1) is 0 Å². The first-order valence-electron chi connectivity index (χ1n) is 8.30. The van der Waals surface area contributed by atoms with Crippen molar-refractivity contribution in [2.45, 2.75) is 6.61 Å². The smallest absolute Gasteiger partial charge is 0.191 e. The van der Waals surface area contributed by atoms with Crippen molar-refractivity contribution in [3.8, 4) is 17.5 Å². The van der Waals surface area contributed by atoms with E-state index >= 15 is 0 Å². The number of nitrogens with zero attached hydrogens (tertiary/aromatic N) is 3. The topological polar surface area (TPSA) is 50.8 Å². The second-order valence-corrected chi connectivity index (χ2v) is 6.93. The molecule has 0 saturated heterocycles. The molecule has 0 bridgehead atoms. The van der Waals surface area contributed by atoms with Gasteiger partial charge in [-0.2, -0.15) is 10.4 Å². The lowest BCUT2D eigenvalue weighted by Gasteiger charge is -2.11. The third kappa shape index (κ3) is 3.35. The van der Waals surface area contributed by atoms with Crippen molar-refractivity contribution < 1.29 is 13.5 Å². The minimum absolute atomic E-state index is 0.0528. The van der Waals surface area contributed by atoms with E-state index in [1.54, 1.807) is 18.3 Å². The predicted octanol–water partition coefficient (Wildman–Crippen LogP) is 5.52. The predicted molar refractivity (Wildman–Crippen MR) is 104 cm³/mol. The number of benzene rings is 3. The van der Waals surface area contributed by atoms with Crippen LogP contribution in [0.5, 0.6) is 5.75 Å². The zero-order valence-electron chi connectivity index (χ0n) is 14.4. The van der Waals surface area contributed by atoms with Gasteiger partial charge in [-0.25, -0.2) is 13.5 Å². The van der Waals surface area contributed by atoms with E-state index in [1.807, 2.05) is 30.3 Å². The first-order chi connectivity index (χ1) is 13.6. The molecule has 0 fully saturated rings. The van der Waals surface area contributed by atoms with Crippen LogP contribution in [0.25, 0.3) is 16.6 Å². The number of rotatable bonds is 4. The van der Waals surface area contributed by atoms with Crippen LogP contribution < -0.4 is 4.74 Å². The highest BCUT2D eigenvalue weighted by molar-refractivity contribution is 9.10. The lowest BCUT2D eigenvalue weighted by molar-refractivity contribution is 0.274. The van der Waals surface area contributed by atoms with Gasteiger partial charge in [0.05, 0.1) is 29.0 Å². The number of halogens is 3. The van der Waals surface area contributed by atoms with E-state index in [1.165, 1.54) is 4.68 Å². The molecule has 28 heavy (non-hydrogen) atoms. The summed E-state index contributed by atoms with van der Waals surface area (Å²) in [6, 6.07) is 16.8. The van der Waals surface area contributed by atoms with Crippen molar-refractivity contribution in [3.05, 3.63) is 88.0 Å². The first-order valence-corrected chi connectivity index (χ1v) is 9.09. The normalized spacial score (nSPS) is 10.8. The average Bonchev–Trinajstić information content (AvgIpc) is 3.12. The van der Waals surface area contributed by atoms with Crippen molar-refractivity contribution in [1.29, 1.82) is 5.26 Å². The molecule has 1 heterocycles. The van der Waals surface area contributed by atoms with Crippen LogP contribution in [-0.2, 0) is 6.61 Å². The monoisotopic (exact) mass is 439 g/mol. The summed E-state index contributed by atoms with van der Waals surface area (Å²) in [5.74, 6) is -2.10. The fourth-order valence-corrected chi connectivity index (χ4v) is 3.44. The molecule has 3 aromatic carbocycles. The molecule has 0 N–H and O–H groups in total. The number of hydrogen-bond acceptors (Lipinski definition) is 3. The fraction of sp³-hybridized carbons (Fsp3) is 0.0476. The molecule has 0 aliphatic heterocycles. The van der Waals surface area contributed by atoms with E-state index in [-0.39, 0.29) is 12.3 Å². The van der Waals surface area contributed by atoms with E-state index in [4.69, 9.17) is 10.00 Å². The number of aromatic nitrogens is 2. The molecule has 1 aromatic heterocycles. The van der Waals surface area contributed by atoms with Gasteiger partial charge in [-0.1, -0.05) is 30.3 Å². The van der Waals surface area contributed by atoms with E-state index in [9.17, 15) is 8.78 Å². The minimum atomic E-state index is -0.829. The molecule has 7 heteroatoms. The number of nitriles is 1. The molecule has 0 atom stereocenters. The van der Waals surface area contributed by atoms with Crippen molar-refractivity contribution in [3.63, 3.8) is 0 Å².